The van der Waals surface area contributed by atoms with Gasteiger partial charge in [0.05, 0.1) is 12.1 Å². The fraction of sp³-hybridized carbons (Fsp3) is 0.600. The molecule has 1 aromatic carbocycles. The fourth-order valence-electron chi connectivity index (χ4n) is 2.28. The quantitative estimate of drug-likeness (QED) is 0.890. The SMILES string of the molecule is CC(C)N[C@H]1Cc2ccccc2OC1OC(C)C. The summed E-state index contributed by atoms with van der Waals surface area (Å²) in [4.78, 5) is 0. The second kappa shape index (κ2) is 5.72. The van der Waals surface area contributed by atoms with Crippen LogP contribution in [0.3, 0.4) is 0 Å². The van der Waals surface area contributed by atoms with Gasteiger partial charge in [0.25, 0.3) is 0 Å². The molecule has 3 nitrogen and oxygen atoms in total. The molecule has 0 amide bonds. The van der Waals surface area contributed by atoms with Gasteiger partial charge < -0.3 is 14.8 Å². The van der Waals surface area contributed by atoms with E-state index in [0.29, 0.717) is 6.04 Å². The molecule has 18 heavy (non-hydrogen) atoms. The average molecular weight is 249 g/mol. The molecular weight excluding hydrogens is 226 g/mol. The van der Waals surface area contributed by atoms with E-state index in [-0.39, 0.29) is 18.4 Å². The fourth-order valence-corrected chi connectivity index (χ4v) is 2.28. The molecule has 0 saturated heterocycles. The maximum absolute atomic E-state index is 5.97. The Morgan fingerprint density at radius 3 is 2.61 bits per heavy atom. The number of rotatable bonds is 4. The van der Waals surface area contributed by atoms with Crippen molar-refractivity contribution >= 4 is 0 Å². The molecule has 0 saturated carbocycles. The van der Waals surface area contributed by atoms with Crippen LogP contribution >= 0.6 is 0 Å². The van der Waals surface area contributed by atoms with Crippen LogP contribution in [0.1, 0.15) is 33.3 Å². The molecule has 1 aliphatic rings. The Bertz CT molecular complexity index is 353. The molecule has 0 fully saturated rings. The van der Waals surface area contributed by atoms with Crippen molar-refractivity contribution in [2.45, 2.75) is 58.6 Å². The van der Waals surface area contributed by atoms with E-state index in [9.17, 15) is 0 Å². The smallest absolute Gasteiger partial charge is 0.215 e. The summed E-state index contributed by atoms with van der Waals surface area (Å²) in [5.41, 5.74) is 1.25. The Morgan fingerprint density at radius 1 is 1.22 bits per heavy atom. The summed E-state index contributed by atoms with van der Waals surface area (Å²) in [7, 11) is 0. The van der Waals surface area contributed by atoms with Gasteiger partial charge in [0.2, 0.25) is 6.29 Å². The van der Waals surface area contributed by atoms with Crippen LogP contribution in [0.25, 0.3) is 0 Å². The van der Waals surface area contributed by atoms with Crippen molar-refractivity contribution in [1.82, 2.24) is 5.32 Å². The summed E-state index contributed by atoms with van der Waals surface area (Å²) < 4.78 is 11.8. The third-order valence-corrected chi connectivity index (χ3v) is 2.94. The number of para-hydroxylation sites is 1. The minimum absolute atomic E-state index is 0.164. The number of fused-ring (bicyclic) bond motifs is 1. The highest BCUT2D eigenvalue weighted by Crippen LogP contribution is 2.28. The summed E-state index contributed by atoms with van der Waals surface area (Å²) >= 11 is 0. The Kier molecular flexibility index (Phi) is 4.25. The molecule has 100 valence electrons. The van der Waals surface area contributed by atoms with Crippen molar-refractivity contribution < 1.29 is 9.47 Å². The first kappa shape index (κ1) is 13.4. The Balaban J connectivity index is 2.16. The van der Waals surface area contributed by atoms with Crippen molar-refractivity contribution in [3.05, 3.63) is 29.8 Å². The van der Waals surface area contributed by atoms with Crippen LogP contribution in [-0.2, 0) is 11.2 Å². The average Bonchev–Trinajstić information content (AvgIpc) is 2.28. The van der Waals surface area contributed by atoms with Gasteiger partial charge in [-0.05, 0) is 31.9 Å². The van der Waals surface area contributed by atoms with Gasteiger partial charge in [0, 0.05) is 6.04 Å². The summed E-state index contributed by atoms with van der Waals surface area (Å²) in [5, 5.41) is 3.53. The summed E-state index contributed by atoms with van der Waals surface area (Å²) in [6, 6.07) is 8.82. The molecule has 2 rings (SSSR count). The van der Waals surface area contributed by atoms with Crippen LogP contribution in [0.15, 0.2) is 24.3 Å². The summed E-state index contributed by atoms with van der Waals surface area (Å²) in [6.45, 7) is 8.37. The normalized spacial score (nSPS) is 23.0. The van der Waals surface area contributed by atoms with E-state index in [0.717, 1.165) is 12.2 Å². The largest absolute Gasteiger partial charge is 0.463 e. The van der Waals surface area contributed by atoms with E-state index >= 15 is 0 Å². The van der Waals surface area contributed by atoms with Gasteiger partial charge in [-0.25, -0.2) is 0 Å². The number of hydrogen-bond acceptors (Lipinski definition) is 3. The minimum Gasteiger partial charge on any atom is -0.463 e. The monoisotopic (exact) mass is 249 g/mol. The highest BCUT2D eigenvalue weighted by Gasteiger charge is 2.31. The van der Waals surface area contributed by atoms with E-state index in [4.69, 9.17) is 9.47 Å². The first-order valence-electron chi connectivity index (χ1n) is 6.72. The topological polar surface area (TPSA) is 30.5 Å². The molecule has 2 atom stereocenters. The molecule has 1 aromatic rings. The predicted octanol–water partition coefficient (Wildman–Crippen LogP) is 2.74. The third-order valence-electron chi connectivity index (χ3n) is 2.94. The zero-order chi connectivity index (χ0) is 13.1. The van der Waals surface area contributed by atoms with E-state index in [1.54, 1.807) is 0 Å². The highest BCUT2D eigenvalue weighted by atomic mass is 16.7. The van der Waals surface area contributed by atoms with Crippen molar-refractivity contribution in [1.29, 1.82) is 0 Å². The zero-order valence-corrected chi connectivity index (χ0v) is 11.6. The van der Waals surface area contributed by atoms with Crippen molar-refractivity contribution in [2.75, 3.05) is 0 Å². The van der Waals surface area contributed by atoms with Crippen LogP contribution in [-0.4, -0.2) is 24.5 Å². The van der Waals surface area contributed by atoms with Gasteiger partial charge in [-0.15, -0.1) is 0 Å². The van der Waals surface area contributed by atoms with Crippen molar-refractivity contribution in [3.8, 4) is 5.75 Å². The van der Waals surface area contributed by atoms with Crippen LogP contribution in [0.5, 0.6) is 5.75 Å². The molecule has 0 bridgehead atoms. The maximum atomic E-state index is 5.97. The molecule has 1 heterocycles. The minimum atomic E-state index is -0.206. The van der Waals surface area contributed by atoms with E-state index in [2.05, 4.69) is 31.3 Å². The van der Waals surface area contributed by atoms with Gasteiger partial charge in [-0.1, -0.05) is 32.0 Å². The zero-order valence-electron chi connectivity index (χ0n) is 11.6. The molecule has 1 aliphatic heterocycles. The number of ether oxygens (including phenoxy) is 2. The van der Waals surface area contributed by atoms with Crippen LogP contribution in [0.2, 0.25) is 0 Å². The lowest BCUT2D eigenvalue weighted by Crippen LogP contribution is -2.51. The number of nitrogens with one attached hydrogen (secondary N) is 1. The van der Waals surface area contributed by atoms with Crippen LogP contribution in [0, 0.1) is 0 Å². The van der Waals surface area contributed by atoms with E-state index in [1.165, 1.54) is 5.56 Å². The lowest BCUT2D eigenvalue weighted by Gasteiger charge is -2.35. The lowest BCUT2D eigenvalue weighted by molar-refractivity contribution is -0.134. The summed E-state index contributed by atoms with van der Waals surface area (Å²) in [6.07, 6.45) is 0.908. The molecule has 3 heteroatoms. The third kappa shape index (κ3) is 3.24. The summed E-state index contributed by atoms with van der Waals surface area (Å²) in [5.74, 6) is 0.949. The lowest BCUT2D eigenvalue weighted by atomic mass is 10.0. The highest BCUT2D eigenvalue weighted by molar-refractivity contribution is 5.36. The standard InChI is InChI=1S/C15H23NO2/c1-10(2)16-13-9-12-7-5-6-8-14(12)18-15(13)17-11(3)4/h5-8,10-11,13,15-16H,9H2,1-4H3/t13-,15?/m0/s1. The molecule has 1 unspecified atom stereocenters. The van der Waals surface area contributed by atoms with E-state index < -0.39 is 0 Å². The van der Waals surface area contributed by atoms with Crippen LogP contribution < -0.4 is 10.1 Å². The molecule has 0 spiro atoms. The van der Waals surface area contributed by atoms with Gasteiger partial charge in [-0.2, -0.15) is 0 Å². The van der Waals surface area contributed by atoms with Crippen molar-refractivity contribution in [2.24, 2.45) is 0 Å². The molecular formula is C15H23NO2. The molecule has 1 N–H and O–H groups in total. The molecule has 0 radical (unpaired) electrons. The second-order valence-electron chi connectivity index (χ2n) is 5.41. The molecule has 0 aliphatic carbocycles. The van der Waals surface area contributed by atoms with Gasteiger partial charge in [0.15, 0.2) is 0 Å². The Labute approximate surface area is 109 Å². The Morgan fingerprint density at radius 2 is 1.94 bits per heavy atom. The Hall–Kier alpha value is -1.06. The first-order chi connectivity index (χ1) is 8.56. The number of benzene rings is 1. The van der Waals surface area contributed by atoms with Gasteiger partial charge in [0.1, 0.15) is 5.75 Å². The number of hydrogen-bond donors (Lipinski definition) is 1. The van der Waals surface area contributed by atoms with Gasteiger partial charge >= 0.3 is 0 Å². The van der Waals surface area contributed by atoms with Crippen LogP contribution in [0.4, 0.5) is 0 Å². The predicted molar refractivity (Wildman–Crippen MR) is 72.8 cm³/mol. The van der Waals surface area contributed by atoms with E-state index in [1.807, 2.05) is 26.0 Å². The molecule has 0 aromatic heterocycles. The first-order valence-corrected chi connectivity index (χ1v) is 6.72. The van der Waals surface area contributed by atoms with Crippen molar-refractivity contribution in [3.63, 3.8) is 0 Å². The maximum Gasteiger partial charge on any atom is 0.215 e. The second-order valence-corrected chi connectivity index (χ2v) is 5.41. The van der Waals surface area contributed by atoms with Gasteiger partial charge in [-0.3, -0.25) is 0 Å².